The van der Waals surface area contributed by atoms with Crippen LogP contribution in [0, 0.1) is 0 Å². The molecule has 0 rings (SSSR count). The monoisotopic (exact) mass is 110 g/mol. The lowest BCUT2D eigenvalue weighted by atomic mass is 11.9. The van der Waals surface area contributed by atoms with Crippen LogP contribution in [0.15, 0.2) is 0 Å². The second kappa shape index (κ2) is 4.66. The number of hydrogen-bond acceptors (Lipinski definition) is 1. The van der Waals surface area contributed by atoms with Gasteiger partial charge in [-0.05, 0) is 0 Å². The van der Waals surface area contributed by atoms with Gasteiger partial charge in [-0.25, -0.2) is 0 Å². The summed E-state index contributed by atoms with van der Waals surface area (Å²) in [6.07, 6.45) is 3.28. The summed E-state index contributed by atoms with van der Waals surface area (Å²) in [7, 11) is 0. The van der Waals surface area contributed by atoms with Gasteiger partial charge in [0.25, 0.3) is 0 Å². The van der Waals surface area contributed by atoms with Crippen LogP contribution >= 0.6 is 13.5 Å². The minimum absolute atomic E-state index is 0. The first-order valence-corrected chi connectivity index (χ1v) is 2.95. The van der Waals surface area contributed by atoms with Gasteiger partial charge in [0.15, 0.2) is 0 Å². The van der Waals surface area contributed by atoms with Crippen molar-refractivity contribution in [1.29, 1.82) is 0 Å². The molecule has 0 aromatic carbocycles. The van der Waals surface area contributed by atoms with E-state index in [2.05, 4.69) is 0 Å². The molecule has 0 amide bonds. The molecule has 0 aliphatic heterocycles. The second-order valence-corrected chi connectivity index (χ2v) is 2.22. The maximum absolute atomic E-state index is 9.56. The Hall–Kier alpha value is 0.660. The number of hydrogen-bond donors (Lipinski definition) is 0. The van der Waals surface area contributed by atoms with Crippen molar-refractivity contribution >= 4 is 24.7 Å². The molecule has 0 unspecified atom stereocenters. The molecule has 0 heterocycles. The predicted octanol–water partition coefficient (Wildman–Crippen LogP) is 0.643. The van der Waals surface area contributed by atoms with E-state index in [1.165, 1.54) is 0 Å². The Morgan fingerprint density at radius 1 is 1.40 bits per heavy atom. The zero-order valence-electron chi connectivity index (χ0n) is 3.22. The Morgan fingerprint density at radius 2 is 1.40 bits per heavy atom. The molecule has 5 heavy (non-hydrogen) atoms. The van der Waals surface area contributed by atoms with Gasteiger partial charge >= 0.3 is 0 Å². The Balaban J connectivity index is 0. The number of rotatable bonds is 0. The van der Waals surface area contributed by atoms with Crippen molar-refractivity contribution in [2.24, 2.45) is 0 Å². The van der Waals surface area contributed by atoms with Gasteiger partial charge in [-0.1, -0.05) is 11.2 Å². The highest BCUT2D eigenvalue weighted by molar-refractivity contribution is 7.89. The first-order chi connectivity index (χ1) is 1.73. The molecule has 3 heteroatoms. The van der Waals surface area contributed by atoms with Gasteiger partial charge in [-0.2, -0.15) is 0 Å². The fraction of sp³-hybridized carbons (Fsp3) is 1.00. The zero-order valence-corrected chi connectivity index (χ0v) is 4.86. The van der Waals surface area contributed by atoms with Crippen molar-refractivity contribution in [2.45, 2.75) is 0 Å². The van der Waals surface area contributed by atoms with E-state index >= 15 is 0 Å². The molecule has 32 valence electrons. The van der Waals surface area contributed by atoms with Crippen molar-refractivity contribution < 1.29 is 4.55 Å². The largest absolute Gasteiger partial charge is 0.617 e. The lowest BCUT2D eigenvalue weighted by Gasteiger charge is -1.87. The molecular formula is C2H6OS2. The molecule has 0 aromatic rings. The normalized spacial score (nSPS) is 7.20. The van der Waals surface area contributed by atoms with Gasteiger partial charge < -0.3 is 4.55 Å². The van der Waals surface area contributed by atoms with Crippen LogP contribution in [0.5, 0.6) is 0 Å². The van der Waals surface area contributed by atoms with Crippen molar-refractivity contribution in [3.8, 4) is 0 Å². The first kappa shape index (κ1) is 9.18. The topological polar surface area (TPSA) is 23.1 Å². The molecule has 0 saturated heterocycles. The van der Waals surface area contributed by atoms with Crippen LogP contribution in [0.1, 0.15) is 0 Å². The molecular weight excluding hydrogens is 104 g/mol. The molecule has 1 nitrogen and oxygen atoms in total. The van der Waals surface area contributed by atoms with E-state index in [1.54, 1.807) is 12.5 Å². The Bertz CT molecular complexity index is 12.4. The smallest absolute Gasteiger partial charge is 0.0946 e. The lowest BCUT2D eigenvalue weighted by Crippen LogP contribution is -1.86. The van der Waals surface area contributed by atoms with Crippen LogP contribution < -0.4 is 0 Å². The third kappa shape index (κ3) is 75.7. The lowest BCUT2D eigenvalue weighted by molar-refractivity contribution is 0.606. The van der Waals surface area contributed by atoms with E-state index < -0.39 is 11.2 Å². The SMILES string of the molecule is C[S+](C)[O-].[S]. The molecule has 0 spiro atoms. The predicted molar refractivity (Wildman–Crippen MR) is 27.6 cm³/mol. The standard InChI is InChI=1S/C2H6OS.S/c1-4(2)3;/h1-2H3;. The van der Waals surface area contributed by atoms with Gasteiger partial charge in [0, 0.05) is 13.5 Å². The molecule has 0 N–H and O–H groups in total. The van der Waals surface area contributed by atoms with Crippen LogP contribution in [-0.2, 0) is 11.2 Å². The summed E-state index contributed by atoms with van der Waals surface area (Å²) >= 11 is -0.611. The van der Waals surface area contributed by atoms with Crippen molar-refractivity contribution in [3.63, 3.8) is 0 Å². The summed E-state index contributed by atoms with van der Waals surface area (Å²) in [5.41, 5.74) is 0. The first-order valence-electron chi connectivity index (χ1n) is 0.983. The zero-order chi connectivity index (χ0) is 3.58. The summed E-state index contributed by atoms with van der Waals surface area (Å²) < 4.78 is 9.56. The van der Waals surface area contributed by atoms with Gasteiger partial charge in [-0.3, -0.25) is 0 Å². The van der Waals surface area contributed by atoms with E-state index in [4.69, 9.17) is 0 Å². The summed E-state index contributed by atoms with van der Waals surface area (Å²) in [5.74, 6) is 0. The third-order valence-electron chi connectivity index (χ3n) is 0. The van der Waals surface area contributed by atoms with Crippen molar-refractivity contribution in [1.82, 2.24) is 0 Å². The van der Waals surface area contributed by atoms with Gasteiger partial charge in [0.05, 0.1) is 12.5 Å². The summed E-state index contributed by atoms with van der Waals surface area (Å²) in [6.45, 7) is 0. The average Bonchev–Trinajstić information content (AvgIpc) is 0.811. The highest BCUT2D eigenvalue weighted by atomic mass is 32.2. The third-order valence-corrected chi connectivity index (χ3v) is 0. The Labute approximate surface area is 42.4 Å². The molecule has 0 aliphatic carbocycles. The molecule has 0 aliphatic rings. The van der Waals surface area contributed by atoms with Gasteiger partial charge in [0.1, 0.15) is 0 Å². The Kier molecular flexibility index (Phi) is 8.55. The van der Waals surface area contributed by atoms with Crippen LogP contribution in [0.25, 0.3) is 0 Å². The molecule has 2 radical (unpaired) electrons. The van der Waals surface area contributed by atoms with Crippen LogP contribution in [-0.4, -0.2) is 17.1 Å². The summed E-state index contributed by atoms with van der Waals surface area (Å²) in [4.78, 5) is 0. The highest BCUT2D eigenvalue weighted by Gasteiger charge is 1.66. The maximum atomic E-state index is 9.56. The summed E-state index contributed by atoms with van der Waals surface area (Å²) in [6, 6.07) is 0. The van der Waals surface area contributed by atoms with Crippen LogP contribution in [0.3, 0.4) is 0 Å². The van der Waals surface area contributed by atoms with Gasteiger partial charge in [0.2, 0.25) is 0 Å². The highest BCUT2D eigenvalue weighted by Crippen LogP contribution is 1.61. The minimum Gasteiger partial charge on any atom is -0.617 e. The van der Waals surface area contributed by atoms with Gasteiger partial charge in [-0.15, -0.1) is 0 Å². The van der Waals surface area contributed by atoms with Crippen LogP contribution in [0.2, 0.25) is 0 Å². The van der Waals surface area contributed by atoms with E-state index in [1.807, 2.05) is 0 Å². The average molecular weight is 110 g/mol. The summed E-state index contributed by atoms with van der Waals surface area (Å²) in [5, 5.41) is 0. The van der Waals surface area contributed by atoms with E-state index in [-0.39, 0.29) is 13.5 Å². The molecule has 0 atom stereocenters. The quantitative estimate of drug-likeness (QED) is 0.420. The van der Waals surface area contributed by atoms with E-state index in [0.29, 0.717) is 0 Å². The van der Waals surface area contributed by atoms with Crippen molar-refractivity contribution in [3.05, 3.63) is 0 Å². The van der Waals surface area contributed by atoms with Crippen molar-refractivity contribution in [2.75, 3.05) is 12.5 Å². The molecule has 0 saturated carbocycles. The molecule has 0 bridgehead atoms. The molecule has 0 aromatic heterocycles. The minimum atomic E-state index is -0.611. The van der Waals surface area contributed by atoms with E-state index in [9.17, 15) is 4.55 Å². The van der Waals surface area contributed by atoms with Crippen LogP contribution in [0.4, 0.5) is 0 Å². The molecule has 0 fully saturated rings. The fourth-order valence-corrected chi connectivity index (χ4v) is 0. The second-order valence-electron chi connectivity index (χ2n) is 0.742. The fourth-order valence-electron chi connectivity index (χ4n) is 0. The van der Waals surface area contributed by atoms with E-state index in [0.717, 1.165) is 0 Å². The Morgan fingerprint density at radius 3 is 1.40 bits per heavy atom. The maximum Gasteiger partial charge on any atom is 0.0946 e.